The van der Waals surface area contributed by atoms with Crippen molar-refractivity contribution in [3.05, 3.63) is 33.9 Å². The van der Waals surface area contributed by atoms with Gasteiger partial charge in [0.15, 0.2) is 0 Å². The Labute approximate surface area is 154 Å². The van der Waals surface area contributed by atoms with E-state index in [9.17, 15) is 28.1 Å². The molecule has 2 heterocycles. The Hall–Kier alpha value is -2.36. The Kier molecular flexibility index (Phi) is 5.54. The van der Waals surface area contributed by atoms with Crippen LogP contribution in [0.5, 0.6) is 0 Å². The second kappa shape index (κ2) is 7.71. The average Bonchev–Trinajstić information content (AvgIpc) is 2.86. The molecule has 2 saturated heterocycles. The highest BCUT2D eigenvalue weighted by molar-refractivity contribution is 5.78. The van der Waals surface area contributed by atoms with E-state index < -0.39 is 22.4 Å². The predicted molar refractivity (Wildman–Crippen MR) is 92.3 cm³/mol. The van der Waals surface area contributed by atoms with Crippen molar-refractivity contribution in [2.24, 2.45) is 0 Å². The Bertz CT molecular complexity index is 712. The van der Waals surface area contributed by atoms with Crippen LogP contribution in [-0.2, 0) is 11.0 Å². The maximum atomic E-state index is 12.7. The summed E-state index contributed by atoms with van der Waals surface area (Å²) >= 11 is 0. The minimum atomic E-state index is -4.65. The molecule has 2 N–H and O–H groups in total. The van der Waals surface area contributed by atoms with Gasteiger partial charge in [-0.25, -0.2) is 0 Å². The van der Waals surface area contributed by atoms with E-state index in [2.05, 4.69) is 10.6 Å². The molecule has 0 aromatic heterocycles. The van der Waals surface area contributed by atoms with Crippen LogP contribution in [0.1, 0.15) is 31.2 Å². The third kappa shape index (κ3) is 4.32. The molecule has 0 radical (unpaired) electrons. The van der Waals surface area contributed by atoms with Crippen LogP contribution in [0.25, 0.3) is 0 Å². The van der Waals surface area contributed by atoms with Crippen molar-refractivity contribution in [1.29, 1.82) is 0 Å². The molecule has 2 aliphatic rings. The summed E-state index contributed by atoms with van der Waals surface area (Å²) in [4.78, 5) is 24.7. The zero-order chi connectivity index (χ0) is 19.6. The molecule has 2 atom stereocenters. The fraction of sp³-hybridized carbons (Fsp3) is 0.588. The van der Waals surface area contributed by atoms with E-state index in [1.54, 1.807) is 0 Å². The van der Waals surface area contributed by atoms with Gasteiger partial charge in [-0.1, -0.05) is 0 Å². The standard InChI is InChI=1S/C17H21F3N4O3/c18-17(19,20)11-1-4-14(15(9-11)24(26)27)22-8-6-16(25)23-12-2-3-13(23)10-21-7-5-12/h1,4,9,12-13,21-22H,2-3,5-8,10H2. The maximum Gasteiger partial charge on any atom is 0.416 e. The Morgan fingerprint density at radius 3 is 2.74 bits per heavy atom. The molecule has 2 aliphatic heterocycles. The molecule has 148 valence electrons. The fourth-order valence-corrected chi connectivity index (χ4v) is 3.83. The Morgan fingerprint density at radius 2 is 2.04 bits per heavy atom. The minimum absolute atomic E-state index is 0.0266. The number of anilines is 1. The normalized spacial score (nSPS) is 22.4. The SMILES string of the molecule is O=C(CCNc1ccc(C(F)(F)F)cc1[N+](=O)[O-])N1C2CCNCC1CC2. The summed E-state index contributed by atoms with van der Waals surface area (Å²) in [6.07, 6.45) is -1.68. The van der Waals surface area contributed by atoms with Crippen LogP contribution in [0, 0.1) is 10.1 Å². The van der Waals surface area contributed by atoms with Crippen LogP contribution in [0.15, 0.2) is 18.2 Å². The van der Waals surface area contributed by atoms with E-state index in [-0.39, 0.29) is 36.6 Å². The van der Waals surface area contributed by atoms with Crippen LogP contribution >= 0.6 is 0 Å². The van der Waals surface area contributed by atoms with Gasteiger partial charge in [0.1, 0.15) is 5.69 Å². The van der Waals surface area contributed by atoms with Crippen molar-refractivity contribution in [2.75, 3.05) is 25.0 Å². The molecule has 27 heavy (non-hydrogen) atoms. The lowest BCUT2D eigenvalue weighted by atomic mass is 10.1. The molecule has 3 rings (SSSR count). The van der Waals surface area contributed by atoms with Gasteiger partial charge >= 0.3 is 6.18 Å². The summed E-state index contributed by atoms with van der Waals surface area (Å²) in [5.74, 6) is -0.0340. The quantitative estimate of drug-likeness (QED) is 0.600. The number of halogens is 3. The van der Waals surface area contributed by atoms with E-state index in [1.165, 1.54) is 0 Å². The third-order valence-corrected chi connectivity index (χ3v) is 5.12. The summed E-state index contributed by atoms with van der Waals surface area (Å²) in [5.41, 5.74) is -1.76. The van der Waals surface area contributed by atoms with E-state index in [4.69, 9.17) is 0 Å². The molecule has 1 amide bonds. The zero-order valence-electron chi connectivity index (χ0n) is 14.6. The first-order chi connectivity index (χ1) is 12.8. The summed E-state index contributed by atoms with van der Waals surface area (Å²) in [7, 11) is 0. The number of alkyl halides is 3. The first-order valence-electron chi connectivity index (χ1n) is 8.89. The number of hydrogen-bond donors (Lipinski definition) is 2. The number of rotatable bonds is 5. The number of nitrogens with one attached hydrogen (secondary N) is 2. The van der Waals surface area contributed by atoms with E-state index >= 15 is 0 Å². The lowest BCUT2D eigenvalue weighted by Gasteiger charge is -2.28. The van der Waals surface area contributed by atoms with Crippen molar-refractivity contribution in [3.8, 4) is 0 Å². The van der Waals surface area contributed by atoms with Crippen LogP contribution in [0.4, 0.5) is 24.5 Å². The van der Waals surface area contributed by atoms with Gasteiger partial charge in [-0.3, -0.25) is 14.9 Å². The monoisotopic (exact) mass is 386 g/mol. The number of carbonyl (C=O) groups is 1. The molecular weight excluding hydrogens is 365 g/mol. The summed E-state index contributed by atoms with van der Waals surface area (Å²) in [6.45, 7) is 1.76. The van der Waals surface area contributed by atoms with Gasteiger partial charge in [-0.2, -0.15) is 13.2 Å². The largest absolute Gasteiger partial charge is 0.416 e. The van der Waals surface area contributed by atoms with Gasteiger partial charge in [0.25, 0.3) is 5.69 Å². The average molecular weight is 386 g/mol. The van der Waals surface area contributed by atoms with E-state index in [0.29, 0.717) is 6.07 Å². The molecule has 0 spiro atoms. The molecular formula is C17H21F3N4O3. The molecule has 2 unspecified atom stereocenters. The third-order valence-electron chi connectivity index (χ3n) is 5.12. The molecule has 7 nitrogen and oxygen atoms in total. The van der Waals surface area contributed by atoms with Gasteiger partial charge in [0.05, 0.1) is 10.5 Å². The highest BCUT2D eigenvalue weighted by atomic mass is 19.4. The Balaban J connectivity index is 1.63. The van der Waals surface area contributed by atoms with Crippen molar-refractivity contribution in [3.63, 3.8) is 0 Å². The van der Waals surface area contributed by atoms with E-state index in [1.807, 2.05) is 4.90 Å². The molecule has 1 aromatic carbocycles. The van der Waals surface area contributed by atoms with E-state index in [0.717, 1.165) is 44.5 Å². The summed E-state index contributed by atoms with van der Waals surface area (Å²) in [6, 6.07) is 2.72. The number of benzene rings is 1. The molecule has 2 fully saturated rings. The fourth-order valence-electron chi connectivity index (χ4n) is 3.83. The van der Waals surface area contributed by atoms with Crippen molar-refractivity contribution in [2.45, 2.75) is 43.9 Å². The number of hydrogen-bond acceptors (Lipinski definition) is 5. The molecule has 10 heteroatoms. The summed E-state index contributed by atoms with van der Waals surface area (Å²) < 4.78 is 38.2. The van der Waals surface area contributed by atoms with Crippen LogP contribution in [0.2, 0.25) is 0 Å². The van der Waals surface area contributed by atoms with Crippen molar-refractivity contribution < 1.29 is 22.9 Å². The lowest BCUT2D eigenvalue weighted by molar-refractivity contribution is -0.384. The molecule has 2 bridgehead atoms. The van der Waals surface area contributed by atoms with Crippen molar-refractivity contribution in [1.82, 2.24) is 10.2 Å². The molecule has 0 aliphatic carbocycles. The van der Waals surface area contributed by atoms with Gasteiger partial charge in [0.2, 0.25) is 5.91 Å². The molecule has 1 aromatic rings. The summed E-state index contributed by atoms with van der Waals surface area (Å²) in [5, 5.41) is 17.1. The number of nitro groups is 1. The van der Waals surface area contributed by atoms with Crippen molar-refractivity contribution >= 4 is 17.3 Å². The van der Waals surface area contributed by atoms with Gasteiger partial charge in [0, 0.05) is 37.7 Å². The predicted octanol–water partition coefficient (Wildman–Crippen LogP) is 2.77. The van der Waals surface area contributed by atoms with Gasteiger partial charge < -0.3 is 15.5 Å². The van der Waals surface area contributed by atoms with Crippen LogP contribution < -0.4 is 10.6 Å². The molecule has 0 saturated carbocycles. The van der Waals surface area contributed by atoms with Crippen LogP contribution in [-0.4, -0.2) is 47.4 Å². The van der Waals surface area contributed by atoms with Gasteiger partial charge in [-0.05, 0) is 37.9 Å². The second-order valence-electron chi connectivity index (χ2n) is 6.84. The minimum Gasteiger partial charge on any atom is -0.379 e. The highest BCUT2D eigenvalue weighted by Gasteiger charge is 2.37. The first kappa shape index (κ1) is 19.4. The maximum absolute atomic E-state index is 12.7. The smallest absolute Gasteiger partial charge is 0.379 e. The lowest BCUT2D eigenvalue weighted by Crippen LogP contribution is -2.43. The zero-order valence-corrected chi connectivity index (χ0v) is 14.6. The number of fused-ring (bicyclic) bond motifs is 2. The van der Waals surface area contributed by atoms with Crippen LogP contribution in [0.3, 0.4) is 0 Å². The second-order valence-corrected chi connectivity index (χ2v) is 6.84. The number of nitro benzene ring substituents is 1. The Morgan fingerprint density at radius 1 is 1.30 bits per heavy atom. The van der Waals surface area contributed by atoms with Gasteiger partial charge in [-0.15, -0.1) is 0 Å². The topological polar surface area (TPSA) is 87.5 Å². The number of nitrogens with zero attached hydrogens (tertiary/aromatic N) is 2. The number of carbonyl (C=O) groups excluding carboxylic acids is 1. The first-order valence-corrected chi connectivity index (χ1v) is 8.89. The highest BCUT2D eigenvalue weighted by Crippen LogP contribution is 2.35. The number of amides is 1.